The van der Waals surface area contributed by atoms with E-state index in [1.807, 2.05) is 0 Å². The van der Waals surface area contributed by atoms with Gasteiger partial charge in [0.15, 0.2) is 12.2 Å². The van der Waals surface area contributed by atoms with Gasteiger partial charge in [0, 0.05) is 25.7 Å². The predicted octanol–water partition coefficient (Wildman–Crippen LogP) is 23.5. The van der Waals surface area contributed by atoms with Gasteiger partial charge < -0.3 is 33.8 Å². The molecule has 98 heavy (non-hydrogen) atoms. The van der Waals surface area contributed by atoms with E-state index in [4.69, 9.17) is 37.0 Å². The van der Waals surface area contributed by atoms with Crippen molar-refractivity contribution < 1.29 is 80.2 Å². The molecule has 19 heteroatoms. The molecule has 0 spiro atoms. The Labute approximate surface area is 600 Å². The zero-order chi connectivity index (χ0) is 72.1. The van der Waals surface area contributed by atoms with Crippen molar-refractivity contribution in [3.63, 3.8) is 0 Å². The molecule has 17 nitrogen and oxygen atoms in total. The Morgan fingerprint density at radius 1 is 0.276 bits per heavy atom. The second-order valence-corrected chi connectivity index (χ2v) is 32.3. The Morgan fingerprint density at radius 3 is 0.694 bits per heavy atom. The van der Waals surface area contributed by atoms with Crippen LogP contribution in [0.5, 0.6) is 0 Å². The molecule has 3 N–H and O–H groups in total. The number of phosphoric ester groups is 2. The SMILES string of the molecule is CCCCCCCCCCCCCCCCCCCCCCCC(=O)O[C@H](COC(=O)CCCCCCCCCCCCCCCCCC(C)C)COP(=O)(O)OC[C@@H](O)COP(=O)(O)OC[C@@H](COC(=O)CCCCCCC)OC(=O)CCCCCCCCCCCCCC(C)C. The first-order chi connectivity index (χ1) is 47.4. The molecule has 0 aromatic carbocycles. The van der Waals surface area contributed by atoms with E-state index in [0.29, 0.717) is 25.7 Å². The van der Waals surface area contributed by atoms with E-state index >= 15 is 0 Å². The van der Waals surface area contributed by atoms with Crippen LogP contribution in [0.15, 0.2) is 0 Å². The maximum atomic E-state index is 13.1. The molecule has 0 saturated heterocycles. The summed E-state index contributed by atoms with van der Waals surface area (Å²) in [5, 5.41) is 10.6. The molecule has 0 aliphatic carbocycles. The highest BCUT2D eigenvalue weighted by molar-refractivity contribution is 7.47. The summed E-state index contributed by atoms with van der Waals surface area (Å²) >= 11 is 0. The average Bonchev–Trinajstić information content (AvgIpc) is 1.18. The molecule has 0 radical (unpaired) electrons. The molecule has 0 saturated carbocycles. The number of hydrogen-bond donors (Lipinski definition) is 3. The van der Waals surface area contributed by atoms with Gasteiger partial charge in [-0.3, -0.25) is 37.3 Å². The lowest BCUT2D eigenvalue weighted by Gasteiger charge is -2.21. The first-order valence-corrected chi connectivity index (χ1v) is 44.0. The minimum atomic E-state index is -4.96. The van der Waals surface area contributed by atoms with Crippen LogP contribution in [0.4, 0.5) is 0 Å². The van der Waals surface area contributed by atoms with E-state index in [0.717, 1.165) is 108 Å². The van der Waals surface area contributed by atoms with Gasteiger partial charge in [-0.15, -0.1) is 0 Å². The molecule has 0 heterocycles. The first-order valence-electron chi connectivity index (χ1n) is 41.0. The second-order valence-electron chi connectivity index (χ2n) is 29.4. The van der Waals surface area contributed by atoms with Crippen molar-refractivity contribution >= 4 is 39.5 Å². The summed E-state index contributed by atoms with van der Waals surface area (Å²) in [6.45, 7) is 9.55. The monoisotopic (exact) mass is 1440 g/mol. The number of ether oxygens (including phenoxy) is 4. The molecule has 0 bridgehead atoms. The molecule has 0 aliphatic heterocycles. The van der Waals surface area contributed by atoms with Crippen LogP contribution in [0.2, 0.25) is 0 Å². The quantitative estimate of drug-likeness (QED) is 0.0222. The number of unbranched alkanes of at least 4 members (excludes halogenated alkanes) is 48. The Hall–Kier alpha value is -1.94. The van der Waals surface area contributed by atoms with Crippen molar-refractivity contribution in [1.29, 1.82) is 0 Å². The third-order valence-electron chi connectivity index (χ3n) is 18.5. The van der Waals surface area contributed by atoms with Crippen LogP contribution in [-0.2, 0) is 65.4 Å². The number of aliphatic hydroxyl groups excluding tert-OH is 1. The van der Waals surface area contributed by atoms with Crippen molar-refractivity contribution in [2.24, 2.45) is 11.8 Å². The highest BCUT2D eigenvalue weighted by atomic mass is 31.2. The molecule has 2 unspecified atom stereocenters. The van der Waals surface area contributed by atoms with Crippen molar-refractivity contribution in [3.8, 4) is 0 Å². The Kier molecular flexibility index (Phi) is 69.3. The predicted molar refractivity (Wildman–Crippen MR) is 400 cm³/mol. The molecule has 0 amide bonds. The standard InChI is InChI=1S/C79H154O17P2/c1-7-9-11-13-14-15-16-17-18-19-20-21-22-23-26-30-35-40-45-51-57-63-79(84)96-75(68-90-77(82)62-56-50-44-39-34-29-27-24-25-28-32-37-42-48-53-59-71(3)4)70-94-98(87,88)92-66-73(80)65-91-97(85,86)93-69-74(67-89-76(81)61-55-47-12-10-8-2)95-78(83)64-58-52-46-41-36-31-33-38-43-49-54-60-72(5)6/h71-75,80H,7-70H2,1-6H3,(H,85,86)(H,87,88)/t73-,74+,75+/m0/s1. The fourth-order valence-corrected chi connectivity index (χ4v) is 13.8. The number of aliphatic hydroxyl groups is 1. The van der Waals surface area contributed by atoms with Gasteiger partial charge in [0.2, 0.25) is 0 Å². The minimum absolute atomic E-state index is 0.106. The number of phosphoric acid groups is 2. The van der Waals surface area contributed by atoms with Crippen molar-refractivity contribution in [2.45, 2.75) is 432 Å². The number of hydrogen-bond acceptors (Lipinski definition) is 15. The van der Waals surface area contributed by atoms with Crippen LogP contribution in [-0.4, -0.2) is 96.7 Å². The lowest BCUT2D eigenvalue weighted by Crippen LogP contribution is -2.30. The topological polar surface area (TPSA) is 237 Å². The summed E-state index contributed by atoms with van der Waals surface area (Å²) in [7, 11) is -9.91. The van der Waals surface area contributed by atoms with Gasteiger partial charge in [-0.1, -0.05) is 363 Å². The molecule has 0 aliphatic rings. The lowest BCUT2D eigenvalue weighted by molar-refractivity contribution is -0.161. The van der Waals surface area contributed by atoms with Crippen LogP contribution < -0.4 is 0 Å². The Bertz CT molecular complexity index is 1890. The van der Waals surface area contributed by atoms with Gasteiger partial charge in [-0.2, -0.15) is 0 Å². The molecule has 582 valence electrons. The number of carbonyl (C=O) groups is 4. The number of esters is 4. The van der Waals surface area contributed by atoms with Crippen LogP contribution in [0.25, 0.3) is 0 Å². The van der Waals surface area contributed by atoms with Crippen molar-refractivity contribution in [1.82, 2.24) is 0 Å². The summed E-state index contributed by atoms with van der Waals surface area (Å²) in [6, 6.07) is 0. The zero-order valence-electron chi connectivity index (χ0n) is 64.1. The van der Waals surface area contributed by atoms with Crippen LogP contribution in [0.3, 0.4) is 0 Å². The van der Waals surface area contributed by atoms with Crippen molar-refractivity contribution in [2.75, 3.05) is 39.6 Å². The third-order valence-corrected chi connectivity index (χ3v) is 20.4. The van der Waals surface area contributed by atoms with E-state index in [9.17, 15) is 43.2 Å². The number of rotatable bonds is 78. The maximum Gasteiger partial charge on any atom is 0.472 e. The molecule has 0 fully saturated rings. The van der Waals surface area contributed by atoms with E-state index in [1.165, 1.54) is 225 Å². The summed E-state index contributed by atoms with van der Waals surface area (Å²) in [5.41, 5.74) is 0. The van der Waals surface area contributed by atoms with Gasteiger partial charge in [0.25, 0.3) is 0 Å². The molecular formula is C79H154O17P2. The number of carbonyl (C=O) groups excluding carboxylic acids is 4. The van der Waals surface area contributed by atoms with Gasteiger partial charge in [0.1, 0.15) is 19.3 Å². The lowest BCUT2D eigenvalue weighted by atomic mass is 10.0. The van der Waals surface area contributed by atoms with Crippen LogP contribution >= 0.6 is 15.6 Å². The smallest absolute Gasteiger partial charge is 0.462 e. The fraction of sp³-hybridized carbons (Fsp3) is 0.949. The second kappa shape index (κ2) is 70.7. The summed E-state index contributed by atoms with van der Waals surface area (Å²) < 4.78 is 68.4. The molecule has 5 atom stereocenters. The third kappa shape index (κ3) is 72.4. The van der Waals surface area contributed by atoms with E-state index in [1.54, 1.807) is 0 Å². The van der Waals surface area contributed by atoms with Gasteiger partial charge in [-0.05, 0) is 37.5 Å². The average molecular weight is 1440 g/mol. The zero-order valence-corrected chi connectivity index (χ0v) is 65.9. The molecule has 0 aromatic rings. The molecular weight excluding hydrogens is 1280 g/mol. The summed E-state index contributed by atoms with van der Waals surface area (Å²) in [4.78, 5) is 72.6. The Balaban J connectivity index is 5.12. The van der Waals surface area contributed by atoms with Crippen molar-refractivity contribution in [3.05, 3.63) is 0 Å². The van der Waals surface area contributed by atoms with E-state index in [-0.39, 0.29) is 25.7 Å². The highest BCUT2D eigenvalue weighted by Crippen LogP contribution is 2.45. The maximum absolute atomic E-state index is 13.1. The van der Waals surface area contributed by atoms with Gasteiger partial charge >= 0.3 is 39.5 Å². The normalized spacial score (nSPS) is 13.9. The summed E-state index contributed by atoms with van der Waals surface area (Å²) in [6.07, 6.45) is 60.2. The highest BCUT2D eigenvalue weighted by Gasteiger charge is 2.30. The van der Waals surface area contributed by atoms with Gasteiger partial charge in [-0.25, -0.2) is 9.13 Å². The van der Waals surface area contributed by atoms with Gasteiger partial charge in [0.05, 0.1) is 26.4 Å². The van der Waals surface area contributed by atoms with E-state index < -0.39 is 97.5 Å². The van der Waals surface area contributed by atoms with Crippen LogP contribution in [0, 0.1) is 11.8 Å². The minimum Gasteiger partial charge on any atom is -0.462 e. The first kappa shape index (κ1) is 96.1. The largest absolute Gasteiger partial charge is 0.472 e. The Morgan fingerprint density at radius 2 is 0.469 bits per heavy atom. The summed E-state index contributed by atoms with van der Waals surface area (Å²) in [5.74, 6) is -0.552. The molecule has 0 rings (SSSR count). The molecule has 0 aromatic heterocycles. The van der Waals surface area contributed by atoms with Crippen LogP contribution in [0.1, 0.15) is 414 Å². The van der Waals surface area contributed by atoms with E-state index in [2.05, 4.69) is 41.5 Å². The fourth-order valence-electron chi connectivity index (χ4n) is 12.2.